The van der Waals surface area contributed by atoms with E-state index >= 15 is 0 Å². The third-order valence-electron chi connectivity index (χ3n) is 6.75. The van der Waals surface area contributed by atoms with Gasteiger partial charge in [0.1, 0.15) is 18.1 Å². The zero-order valence-corrected chi connectivity index (χ0v) is 23.9. The lowest BCUT2D eigenvalue weighted by molar-refractivity contribution is -0.173. The molecule has 224 valence electrons. The topological polar surface area (TPSA) is 197 Å². The fraction of sp³-hybridized carbons (Fsp3) is 0.333. The zero-order valence-electron chi connectivity index (χ0n) is 23.9. The second-order valence-electron chi connectivity index (χ2n) is 9.36. The summed E-state index contributed by atoms with van der Waals surface area (Å²) in [5, 5.41) is 27.5. The molecule has 0 aliphatic carbocycles. The molecular formula is C30H35N3O9. The van der Waals surface area contributed by atoms with Gasteiger partial charge in [-0.1, -0.05) is 26.0 Å². The van der Waals surface area contributed by atoms with Crippen LogP contribution in [0.4, 0.5) is 0 Å². The Morgan fingerprint density at radius 3 is 2.00 bits per heavy atom. The quantitative estimate of drug-likeness (QED) is 0.0844. The predicted octanol–water partition coefficient (Wildman–Crippen LogP) is 3.33. The lowest BCUT2D eigenvalue weighted by Crippen LogP contribution is -2.64. The van der Waals surface area contributed by atoms with Crippen molar-refractivity contribution >= 4 is 41.7 Å². The van der Waals surface area contributed by atoms with E-state index in [0.29, 0.717) is 11.1 Å². The minimum absolute atomic E-state index is 0.0173. The van der Waals surface area contributed by atoms with Crippen molar-refractivity contribution in [3.05, 3.63) is 70.8 Å². The summed E-state index contributed by atoms with van der Waals surface area (Å²) in [6.07, 6.45) is 1.04. The summed E-state index contributed by atoms with van der Waals surface area (Å²) in [5.74, 6) is -6.73. The van der Waals surface area contributed by atoms with E-state index in [4.69, 9.17) is 20.6 Å². The van der Waals surface area contributed by atoms with Crippen LogP contribution in [-0.2, 0) is 23.9 Å². The Kier molecular flexibility index (Phi) is 11.5. The number of amides is 1. The monoisotopic (exact) mass is 581 g/mol. The lowest BCUT2D eigenvalue weighted by atomic mass is 9.77. The number of carbonyl (C=O) groups excluding carboxylic acids is 3. The van der Waals surface area contributed by atoms with Gasteiger partial charge in [0.2, 0.25) is 0 Å². The van der Waals surface area contributed by atoms with Crippen LogP contribution in [0, 0.1) is 11.3 Å². The van der Waals surface area contributed by atoms with Crippen molar-refractivity contribution in [2.45, 2.75) is 46.1 Å². The first-order valence-electron chi connectivity index (χ1n) is 13.2. The first kappa shape index (κ1) is 33.2. The van der Waals surface area contributed by atoms with Crippen molar-refractivity contribution in [3.63, 3.8) is 0 Å². The van der Waals surface area contributed by atoms with Gasteiger partial charge in [-0.25, -0.2) is 9.59 Å². The summed E-state index contributed by atoms with van der Waals surface area (Å²) in [5.41, 5.74) is 4.38. The average Bonchev–Trinajstić information content (AvgIpc) is 2.94. The van der Waals surface area contributed by atoms with Gasteiger partial charge in [-0.3, -0.25) is 19.8 Å². The highest BCUT2D eigenvalue weighted by Crippen LogP contribution is 2.34. The van der Waals surface area contributed by atoms with E-state index < -0.39 is 47.8 Å². The maximum absolute atomic E-state index is 13.7. The molecule has 0 spiro atoms. The van der Waals surface area contributed by atoms with Crippen LogP contribution in [0.15, 0.2) is 54.1 Å². The molecule has 12 heteroatoms. The van der Waals surface area contributed by atoms with Crippen LogP contribution >= 0.6 is 0 Å². The summed E-state index contributed by atoms with van der Waals surface area (Å²) in [6, 6.07) is 12.1. The third kappa shape index (κ3) is 7.59. The Balaban J connectivity index is 2.39. The molecule has 0 saturated heterocycles. The van der Waals surface area contributed by atoms with E-state index in [0.717, 1.165) is 4.90 Å². The van der Waals surface area contributed by atoms with Crippen LogP contribution in [0.3, 0.4) is 0 Å². The van der Waals surface area contributed by atoms with E-state index in [2.05, 4.69) is 0 Å². The average molecular weight is 582 g/mol. The Morgan fingerprint density at radius 1 is 0.976 bits per heavy atom. The third-order valence-corrected chi connectivity index (χ3v) is 6.75. The van der Waals surface area contributed by atoms with Crippen LogP contribution in [0.2, 0.25) is 0 Å². The normalized spacial score (nSPS) is 13.3. The van der Waals surface area contributed by atoms with Crippen LogP contribution in [0.25, 0.3) is 6.08 Å². The van der Waals surface area contributed by atoms with Gasteiger partial charge in [0.05, 0.1) is 18.1 Å². The number of rotatable bonds is 14. The molecule has 2 aromatic carbocycles. The Morgan fingerprint density at radius 2 is 1.55 bits per heavy atom. The van der Waals surface area contributed by atoms with Gasteiger partial charge in [-0.2, -0.15) is 0 Å². The number of esters is 2. The van der Waals surface area contributed by atoms with Gasteiger partial charge >= 0.3 is 23.9 Å². The number of carboxylic acids is 2. The molecule has 2 atom stereocenters. The number of nitrogens with two attached hydrogens (primary N) is 1. The molecule has 0 radical (unpaired) electrons. The Bertz CT molecular complexity index is 1370. The fourth-order valence-corrected chi connectivity index (χ4v) is 4.60. The second kappa shape index (κ2) is 14.6. The maximum atomic E-state index is 13.7. The molecule has 2 aromatic rings. The van der Waals surface area contributed by atoms with Gasteiger partial charge in [0, 0.05) is 11.1 Å². The molecule has 0 bridgehead atoms. The van der Waals surface area contributed by atoms with Gasteiger partial charge in [-0.15, -0.1) is 0 Å². The summed E-state index contributed by atoms with van der Waals surface area (Å²) in [6.45, 7) is 5.12. The zero-order chi connectivity index (χ0) is 31.6. The smallest absolute Gasteiger partial charge is 0.343 e. The molecule has 1 unspecified atom stereocenters. The number of nitrogens with zero attached hydrogens (tertiary/aromatic N) is 1. The van der Waals surface area contributed by atoms with E-state index in [1.807, 2.05) is 0 Å². The first-order chi connectivity index (χ1) is 19.8. The molecular weight excluding hydrogens is 546 g/mol. The number of nitrogens with one attached hydrogen (secondary N) is 1. The molecule has 2 rings (SSSR count). The van der Waals surface area contributed by atoms with Gasteiger partial charge in [0.15, 0.2) is 5.54 Å². The molecule has 0 fully saturated rings. The second-order valence-corrected chi connectivity index (χ2v) is 9.36. The van der Waals surface area contributed by atoms with E-state index in [1.165, 1.54) is 63.2 Å². The van der Waals surface area contributed by atoms with Crippen molar-refractivity contribution < 1.29 is 43.7 Å². The number of benzene rings is 2. The summed E-state index contributed by atoms with van der Waals surface area (Å²) >= 11 is 0. The number of aliphatic carboxylic acids is 2. The van der Waals surface area contributed by atoms with Crippen molar-refractivity contribution in [1.82, 2.24) is 4.90 Å². The van der Waals surface area contributed by atoms with E-state index in [9.17, 15) is 34.2 Å². The molecule has 5 N–H and O–H groups in total. The van der Waals surface area contributed by atoms with Crippen molar-refractivity contribution in [3.8, 4) is 5.75 Å². The number of amidine groups is 1. The molecule has 0 aromatic heterocycles. The van der Waals surface area contributed by atoms with Crippen LogP contribution in [0.1, 0.15) is 62.0 Å². The number of hydrogen-bond acceptors (Lipinski definition) is 8. The first-order valence-corrected chi connectivity index (χ1v) is 13.2. The summed E-state index contributed by atoms with van der Waals surface area (Å²) in [7, 11) is 0. The number of nitrogen functional groups attached to an aromatic ring is 1. The number of carbonyl (C=O) groups is 5. The standard InChI is InChI=1S/C30H35N3O9/c1-5-23(27(36)37)30(6-2,29(39)40)33(17-24(34)41-7-3)26(35)18(4)16-19-8-10-21(11-9-19)28(38)42-22-14-12-20(13-15-22)25(31)32/h8-16,23H,5-7,17H2,1-4H3,(H3,31,32)(H,36,37)(H,39,40)/b18-16+/t23?,30-/m1/s1. The molecule has 0 aliphatic rings. The SMILES string of the molecule is CCOC(=O)CN(C(=O)/C(C)=C/c1ccc(C(=O)Oc2ccc(C(=N)N)cc2)cc1)[C@@](CC)(C(=O)O)C(CC)C(=O)O. The molecule has 0 aliphatic heterocycles. The molecule has 12 nitrogen and oxygen atoms in total. The van der Waals surface area contributed by atoms with Crippen LogP contribution in [-0.4, -0.2) is 69.4 Å². The van der Waals surface area contributed by atoms with Crippen molar-refractivity contribution in [2.24, 2.45) is 11.7 Å². The highest BCUT2D eigenvalue weighted by Gasteiger charge is 2.54. The van der Waals surface area contributed by atoms with Crippen LogP contribution in [0.5, 0.6) is 5.75 Å². The van der Waals surface area contributed by atoms with E-state index in [-0.39, 0.29) is 42.2 Å². The van der Waals surface area contributed by atoms with E-state index in [1.54, 1.807) is 19.1 Å². The Hall–Kier alpha value is -5.00. The molecule has 0 saturated carbocycles. The number of ether oxygens (including phenoxy) is 2. The molecule has 0 heterocycles. The van der Waals surface area contributed by atoms with Crippen molar-refractivity contribution in [2.75, 3.05) is 13.2 Å². The van der Waals surface area contributed by atoms with Gasteiger partial charge in [0.25, 0.3) is 5.91 Å². The summed E-state index contributed by atoms with van der Waals surface area (Å²) < 4.78 is 10.3. The minimum Gasteiger partial charge on any atom is -0.481 e. The largest absolute Gasteiger partial charge is 0.481 e. The minimum atomic E-state index is -2.23. The maximum Gasteiger partial charge on any atom is 0.343 e. The van der Waals surface area contributed by atoms with Crippen LogP contribution < -0.4 is 10.5 Å². The molecule has 42 heavy (non-hydrogen) atoms. The predicted molar refractivity (Wildman–Crippen MR) is 153 cm³/mol. The highest BCUT2D eigenvalue weighted by atomic mass is 16.5. The number of hydrogen-bond donors (Lipinski definition) is 4. The fourth-order valence-electron chi connectivity index (χ4n) is 4.60. The number of carboxylic acid groups (broad SMARTS) is 2. The van der Waals surface area contributed by atoms with Crippen molar-refractivity contribution in [1.29, 1.82) is 5.41 Å². The van der Waals surface area contributed by atoms with Gasteiger partial charge < -0.3 is 30.3 Å². The highest BCUT2D eigenvalue weighted by molar-refractivity contribution is 6.03. The summed E-state index contributed by atoms with van der Waals surface area (Å²) in [4.78, 5) is 64.2. The van der Waals surface area contributed by atoms with Gasteiger partial charge in [-0.05, 0) is 74.7 Å². The Labute approximate surface area is 243 Å². The molecule has 1 amide bonds. The lowest BCUT2D eigenvalue weighted by Gasteiger charge is -2.43.